The van der Waals surface area contributed by atoms with E-state index in [1.165, 1.54) is 6.07 Å². The van der Waals surface area contributed by atoms with Gasteiger partial charge in [-0.2, -0.15) is 0 Å². The lowest BCUT2D eigenvalue weighted by Crippen LogP contribution is -2.21. The highest BCUT2D eigenvalue weighted by molar-refractivity contribution is 5.39. The molecule has 0 bridgehead atoms. The minimum Gasteiger partial charge on any atom is -0.406 e. The molecule has 7 heteroatoms. The number of rotatable bonds is 5. The Morgan fingerprint density at radius 3 is 1.95 bits per heavy atom. The first-order chi connectivity index (χ1) is 9.85. The maximum absolute atomic E-state index is 14.1. The van der Waals surface area contributed by atoms with Crippen LogP contribution in [0.15, 0.2) is 18.2 Å². The van der Waals surface area contributed by atoms with E-state index in [1.54, 1.807) is 20.8 Å². The molecule has 0 aliphatic rings. The number of halogens is 5. The Hall–Kier alpha value is -1.37. The summed E-state index contributed by atoms with van der Waals surface area (Å²) in [4.78, 5) is 0. The highest BCUT2D eigenvalue weighted by Crippen LogP contribution is 2.38. The molecule has 0 aliphatic heterocycles. The molecule has 0 radical (unpaired) electrons. The maximum Gasteiger partial charge on any atom is 0.573 e. The summed E-state index contributed by atoms with van der Waals surface area (Å²) in [6.45, 7) is 5.25. The summed E-state index contributed by atoms with van der Waals surface area (Å²) in [6, 6.07) is 3.09. The molecule has 2 N–H and O–H groups in total. The second-order valence-corrected chi connectivity index (χ2v) is 6.14. The van der Waals surface area contributed by atoms with Crippen LogP contribution in [0.2, 0.25) is 0 Å². The summed E-state index contributed by atoms with van der Waals surface area (Å²) in [5, 5.41) is 0. The van der Waals surface area contributed by atoms with E-state index >= 15 is 0 Å². The Balaban J connectivity index is 3.29. The van der Waals surface area contributed by atoms with Gasteiger partial charge in [-0.25, -0.2) is 8.78 Å². The molecule has 126 valence electrons. The normalized spacial score (nSPS) is 13.3. The summed E-state index contributed by atoms with van der Waals surface area (Å²) >= 11 is 0. The van der Waals surface area contributed by atoms with Crippen LogP contribution in [0.25, 0.3) is 0 Å². The lowest BCUT2D eigenvalue weighted by atomic mass is 9.85. The van der Waals surface area contributed by atoms with Gasteiger partial charge in [0, 0.05) is 12.0 Å². The van der Waals surface area contributed by atoms with Gasteiger partial charge in [0.2, 0.25) is 0 Å². The number of nitrogens with two attached hydrogens (primary N) is 1. The molecule has 0 aromatic heterocycles. The van der Waals surface area contributed by atoms with Gasteiger partial charge in [-0.05, 0) is 42.1 Å². The molecule has 0 atom stereocenters. The first-order valence-electron chi connectivity index (χ1n) is 6.85. The molecular formula is C15H20F5NO. The van der Waals surface area contributed by atoms with Gasteiger partial charge in [-0.1, -0.05) is 20.8 Å². The van der Waals surface area contributed by atoms with E-state index in [-0.39, 0.29) is 13.0 Å². The molecule has 0 heterocycles. The molecule has 0 fully saturated rings. The Kier molecular flexibility index (Phi) is 5.43. The number of alkyl halides is 5. The molecule has 0 saturated carbocycles. The second-order valence-electron chi connectivity index (χ2n) is 6.14. The van der Waals surface area contributed by atoms with Gasteiger partial charge in [-0.15, -0.1) is 13.2 Å². The van der Waals surface area contributed by atoms with E-state index in [4.69, 9.17) is 5.73 Å². The van der Waals surface area contributed by atoms with E-state index in [2.05, 4.69) is 4.74 Å². The summed E-state index contributed by atoms with van der Waals surface area (Å²) in [7, 11) is 0. The summed E-state index contributed by atoms with van der Waals surface area (Å²) < 4.78 is 69.2. The topological polar surface area (TPSA) is 35.2 Å². The van der Waals surface area contributed by atoms with Crippen molar-refractivity contribution in [3.05, 3.63) is 29.3 Å². The molecule has 0 spiro atoms. The third kappa shape index (κ3) is 5.44. The van der Waals surface area contributed by atoms with Crippen LogP contribution >= 0.6 is 0 Å². The smallest absolute Gasteiger partial charge is 0.406 e. The van der Waals surface area contributed by atoms with Crippen LogP contribution in [0.3, 0.4) is 0 Å². The van der Waals surface area contributed by atoms with Gasteiger partial charge in [0.25, 0.3) is 5.92 Å². The van der Waals surface area contributed by atoms with Crippen molar-refractivity contribution in [1.29, 1.82) is 0 Å². The summed E-state index contributed by atoms with van der Waals surface area (Å²) in [6.07, 6.45) is -5.38. The molecule has 0 unspecified atom stereocenters. The van der Waals surface area contributed by atoms with E-state index in [0.29, 0.717) is 5.56 Å². The van der Waals surface area contributed by atoms with Crippen LogP contribution in [0.1, 0.15) is 44.7 Å². The Labute approximate surface area is 126 Å². The van der Waals surface area contributed by atoms with Gasteiger partial charge in [-0.3, -0.25) is 0 Å². The van der Waals surface area contributed by atoms with Crippen molar-refractivity contribution in [2.24, 2.45) is 5.73 Å². The third-order valence-corrected chi connectivity index (χ3v) is 3.12. The van der Waals surface area contributed by atoms with Crippen molar-refractivity contribution in [3.63, 3.8) is 0 Å². The van der Waals surface area contributed by atoms with E-state index in [9.17, 15) is 22.0 Å². The average Bonchev–Trinajstić information content (AvgIpc) is 2.33. The van der Waals surface area contributed by atoms with E-state index in [0.717, 1.165) is 12.1 Å². The molecule has 1 aromatic carbocycles. The average molecular weight is 325 g/mol. The highest BCUT2D eigenvalue weighted by Gasteiger charge is 2.35. The summed E-state index contributed by atoms with van der Waals surface area (Å²) in [5.41, 5.74) is 4.48. The molecule has 0 saturated heterocycles. The summed E-state index contributed by atoms with van der Waals surface area (Å²) in [5.74, 6) is -3.90. The minimum absolute atomic E-state index is 0.0716. The van der Waals surface area contributed by atoms with Crippen LogP contribution in [-0.2, 0) is 11.3 Å². The third-order valence-electron chi connectivity index (χ3n) is 3.12. The fourth-order valence-corrected chi connectivity index (χ4v) is 1.90. The lowest BCUT2D eigenvalue weighted by Gasteiger charge is -2.24. The molecule has 22 heavy (non-hydrogen) atoms. The lowest BCUT2D eigenvalue weighted by molar-refractivity contribution is -0.274. The van der Waals surface area contributed by atoms with Crippen molar-refractivity contribution in [2.45, 2.75) is 51.3 Å². The Bertz CT molecular complexity index is 506. The van der Waals surface area contributed by atoms with Gasteiger partial charge in [0.1, 0.15) is 5.75 Å². The monoisotopic (exact) mass is 325 g/mol. The van der Waals surface area contributed by atoms with E-state index in [1.807, 2.05) is 0 Å². The molecule has 2 nitrogen and oxygen atoms in total. The number of benzene rings is 1. The Morgan fingerprint density at radius 2 is 1.50 bits per heavy atom. The SMILES string of the molecule is CC(C)(C)c1cc(OC(F)(F)F)cc(C(F)(F)CCCN)c1. The fourth-order valence-electron chi connectivity index (χ4n) is 1.90. The Morgan fingerprint density at radius 1 is 0.955 bits per heavy atom. The predicted molar refractivity (Wildman–Crippen MR) is 74.0 cm³/mol. The quantitative estimate of drug-likeness (QED) is 0.796. The van der Waals surface area contributed by atoms with Crippen LogP contribution in [0, 0.1) is 0 Å². The van der Waals surface area contributed by atoms with Crippen LogP contribution in [0.5, 0.6) is 5.75 Å². The first kappa shape index (κ1) is 18.7. The van der Waals surface area contributed by atoms with Crippen molar-refractivity contribution >= 4 is 0 Å². The minimum atomic E-state index is -4.93. The van der Waals surface area contributed by atoms with E-state index < -0.39 is 35.4 Å². The molecule has 1 aromatic rings. The van der Waals surface area contributed by atoms with Crippen LogP contribution in [0.4, 0.5) is 22.0 Å². The zero-order valence-corrected chi connectivity index (χ0v) is 12.7. The number of hydrogen-bond acceptors (Lipinski definition) is 2. The molecular weight excluding hydrogens is 305 g/mol. The maximum atomic E-state index is 14.1. The molecule has 0 amide bonds. The van der Waals surface area contributed by atoms with Gasteiger partial charge < -0.3 is 10.5 Å². The van der Waals surface area contributed by atoms with Gasteiger partial charge >= 0.3 is 6.36 Å². The van der Waals surface area contributed by atoms with Gasteiger partial charge in [0.15, 0.2) is 0 Å². The van der Waals surface area contributed by atoms with Crippen molar-refractivity contribution < 1.29 is 26.7 Å². The standard InChI is InChI=1S/C15H20F5NO/c1-13(2,3)10-7-11(14(16,17)5-4-6-21)9-12(8-10)22-15(18,19)20/h7-9H,4-6,21H2,1-3H3. The molecule has 0 aliphatic carbocycles. The van der Waals surface area contributed by atoms with Crippen molar-refractivity contribution in [3.8, 4) is 5.75 Å². The predicted octanol–water partition coefficient (Wildman–Crippen LogP) is 4.71. The highest BCUT2D eigenvalue weighted by atomic mass is 19.4. The van der Waals surface area contributed by atoms with Crippen molar-refractivity contribution in [1.82, 2.24) is 0 Å². The number of hydrogen-bond donors (Lipinski definition) is 1. The number of ether oxygens (including phenoxy) is 1. The van der Waals surface area contributed by atoms with Crippen molar-refractivity contribution in [2.75, 3.05) is 6.54 Å². The van der Waals surface area contributed by atoms with Crippen LogP contribution in [-0.4, -0.2) is 12.9 Å². The molecule has 1 rings (SSSR count). The van der Waals surface area contributed by atoms with Gasteiger partial charge in [0.05, 0.1) is 0 Å². The zero-order valence-electron chi connectivity index (χ0n) is 12.7. The largest absolute Gasteiger partial charge is 0.573 e. The van der Waals surface area contributed by atoms with Crippen LogP contribution < -0.4 is 10.5 Å². The zero-order chi connectivity index (χ0) is 17.2. The first-order valence-corrected chi connectivity index (χ1v) is 6.85. The second kappa shape index (κ2) is 6.40. The fraction of sp³-hybridized carbons (Fsp3) is 0.600.